The molecule has 0 fully saturated rings. The summed E-state index contributed by atoms with van der Waals surface area (Å²) in [4.78, 5) is 0. The van der Waals surface area contributed by atoms with Gasteiger partial charge in [-0.1, -0.05) is 52.0 Å². The SMILES string of the molecule is CCC(CCO)NC(CN)c1ccc(C(C)(C)C)cc1. The van der Waals surface area contributed by atoms with Crippen LogP contribution in [0, 0.1) is 0 Å². The molecule has 1 aromatic rings. The van der Waals surface area contributed by atoms with Gasteiger partial charge in [-0.3, -0.25) is 0 Å². The van der Waals surface area contributed by atoms with Gasteiger partial charge in [-0.25, -0.2) is 0 Å². The van der Waals surface area contributed by atoms with Gasteiger partial charge in [-0.05, 0) is 29.4 Å². The molecule has 4 N–H and O–H groups in total. The molecule has 2 atom stereocenters. The van der Waals surface area contributed by atoms with E-state index >= 15 is 0 Å². The van der Waals surface area contributed by atoms with Gasteiger partial charge < -0.3 is 16.2 Å². The topological polar surface area (TPSA) is 58.3 Å². The van der Waals surface area contributed by atoms with Gasteiger partial charge in [0.1, 0.15) is 0 Å². The maximum absolute atomic E-state index is 9.08. The summed E-state index contributed by atoms with van der Waals surface area (Å²) in [5.41, 5.74) is 8.63. The van der Waals surface area contributed by atoms with Crippen molar-refractivity contribution < 1.29 is 5.11 Å². The number of nitrogens with one attached hydrogen (secondary N) is 1. The average Bonchev–Trinajstić information content (AvgIpc) is 2.42. The molecule has 1 rings (SSSR count). The zero-order valence-corrected chi connectivity index (χ0v) is 13.3. The third kappa shape index (κ3) is 4.89. The van der Waals surface area contributed by atoms with Crippen molar-refractivity contribution >= 4 is 0 Å². The average molecular weight is 278 g/mol. The summed E-state index contributed by atoms with van der Waals surface area (Å²) in [6, 6.07) is 9.17. The summed E-state index contributed by atoms with van der Waals surface area (Å²) < 4.78 is 0. The molecule has 0 bridgehead atoms. The molecule has 3 heteroatoms. The van der Waals surface area contributed by atoms with Gasteiger partial charge in [0, 0.05) is 25.2 Å². The van der Waals surface area contributed by atoms with Gasteiger partial charge in [-0.2, -0.15) is 0 Å². The normalized spacial score (nSPS) is 15.1. The van der Waals surface area contributed by atoms with Crippen molar-refractivity contribution in [2.24, 2.45) is 5.73 Å². The molecule has 0 aromatic heterocycles. The molecule has 3 nitrogen and oxygen atoms in total. The van der Waals surface area contributed by atoms with Crippen LogP contribution in [0.4, 0.5) is 0 Å². The molecule has 0 saturated heterocycles. The summed E-state index contributed by atoms with van der Waals surface area (Å²) in [6.45, 7) is 9.56. The van der Waals surface area contributed by atoms with Crippen molar-refractivity contribution in [3.8, 4) is 0 Å². The predicted octanol–water partition coefficient (Wildman–Crippen LogP) is 2.73. The third-order valence-electron chi connectivity index (χ3n) is 3.82. The van der Waals surface area contributed by atoms with Crippen molar-refractivity contribution in [2.45, 2.75) is 58.0 Å². The Labute approximate surface area is 123 Å². The fraction of sp³-hybridized carbons (Fsp3) is 0.647. The lowest BCUT2D eigenvalue weighted by atomic mass is 9.86. The summed E-state index contributed by atoms with van der Waals surface area (Å²) in [6.07, 6.45) is 1.77. The fourth-order valence-electron chi connectivity index (χ4n) is 2.36. The van der Waals surface area contributed by atoms with Gasteiger partial charge in [0.05, 0.1) is 0 Å². The van der Waals surface area contributed by atoms with E-state index in [2.05, 4.69) is 57.3 Å². The lowest BCUT2D eigenvalue weighted by Crippen LogP contribution is -2.37. The number of hydrogen-bond donors (Lipinski definition) is 3. The van der Waals surface area contributed by atoms with Crippen LogP contribution >= 0.6 is 0 Å². The van der Waals surface area contributed by atoms with Crippen LogP contribution in [0.25, 0.3) is 0 Å². The maximum Gasteiger partial charge on any atom is 0.0446 e. The van der Waals surface area contributed by atoms with Crippen LogP contribution in [0.1, 0.15) is 57.7 Å². The van der Waals surface area contributed by atoms with Crippen LogP contribution in [0.3, 0.4) is 0 Å². The second-order valence-electron chi connectivity index (χ2n) is 6.44. The van der Waals surface area contributed by atoms with E-state index in [-0.39, 0.29) is 18.1 Å². The number of rotatable bonds is 7. The number of nitrogens with two attached hydrogens (primary N) is 1. The summed E-state index contributed by atoms with van der Waals surface area (Å²) in [5.74, 6) is 0. The van der Waals surface area contributed by atoms with Gasteiger partial charge >= 0.3 is 0 Å². The van der Waals surface area contributed by atoms with E-state index in [4.69, 9.17) is 10.8 Å². The lowest BCUT2D eigenvalue weighted by molar-refractivity contribution is 0.256. The van der Waals surface area contributed by atoms with Crippen molar-refractivity contribution in [1.29, 1.82) is 0 Å². The zero-order valence-electron chi connectivity index (χ0n) is 13.3. The zero-order chi connectivity index (χ0) is 15.2. The lowest BCUT2D eigenvalue weighted by Gasteiger charge is -2.25. The highest BCUT2D eigenvalue weighted by Crippen LogP contribution is 2.24. The molecule has 2 unspecified atom stereocenters. The standard InChI is InChI=1S/C17H30N2O/c1-5-15(10-11-20)19-16(12-18)13-6-8-14(9-7-13)17(2,3)4/h6-9,15-16,19-20H,5,10-12,18H2,1-4H3. The molecule has 0 aliphatic heterocycles. The monoisotopic (exact) mass is 278 g/mol. The van der Waals surface area contributed by atoms with E-state index in [0.29, 0.717) is 12.6 Å². The fourth-order valence-corrected chi connectivity index (χ4v) is 2.36. The smallest absolute Gasteiger partial charge is 0.0446 e. The Morgan fingerprint density at radius 3 is 2.20 bits per heavy atom. The van der Waals surface area contributed by atoms with Gasteiger partial charge in [-0.15, -0.1) is 0 Å². The Kier molecular flexibility index (Phi) is 6.66. The molecule has 1 aromatic carbocycles. The minimum atomic E-state index is 0.153. The van der Waals surface area contributed by atoms with E-state index < -0.39 is 0 Å². The second-order valence-corrected chi connectivity index (χ2v) is 6.44. The third-order valence-corrected chi connectivity index (χ3v) is 3.82. The van der Waals surface area contributed by atoms with E-state index in [1.165, 1.54) is 11.1 Å². The van der Waals surface area contributed by atoms with Crippen molar-refractivity contribution in [3.63, 3.8) is 0 Å². The molecule has 0 saturated carbocycles. The highest BCUT2D eigenvalue weighted by atomic mass is 16.3. The molecule has 0 amide bonds. The summed E-state index contributed by atoms with van der Waals surface area (Å²) in [7, 11) is 0. The Morgan fingerprint density at radius 1 is 1.20 bits per heavy atom. The van der Waals surface area contributed by atoms with E-state index in [1.54, 1.807) is 0 Å². The first-order valence-electron chi connectivity index (χ1n) is 7.59. The van der Waals surface area contributed by atoms with E-state index in [1.807, 2.05) is 0 Å². The maximum atomic E-state index is 9.08. The predicted molar refractivity (Wildman–Crippen MR) is 85.9 cm³/mol. The molecule has 0 radical (unpaired) electrons. The Balaban J connectivity index is 2.79. The Morgan fingerprint density at radius 2 is 1.80 bits per heavy atom. The van der Waals surface area contributed by atoms with Crippen LogP contribution in [0.2, 0.25) is 0 Å². The first-order valence-corrected chi connectivity index (χ1v) is 7.59. The van der Waals surface area contributed by atoms with Crippen LogP contribution in [-0.2, 0) is 5.41 Å². The molecule has 0 heterocycles. The van der Waals surface area contributed by atoms with Crippen molar-refractivity contribution in [3.05, 3.63) is 35.4 Å². The molecule has 114 valence electrons. The molecule has 0 aliphatic carbocycles. The van der Waals surface area contributed by atoms with Crippen LogP contribution < -0.4 is 11.1 Å². The minimum absolute atomic E-state index is 0.153. The van der Waals surface area contributed by atoms with Crippen LogP contribution in [0.5, 0.6) is 0 Å². The largest absolute Gasteiger partial charge is 0.396 e. The number of aliphatic hydroxyl groups is 1. The van der Waals surface area contributed by atoms with E-state index in [9.17, 15) is 0 Å². The molecule has 20 heavy (non-hydrogen) atoms. The molecular weight excluding hydrogens is 248 g/mol. The Hall–Kier alpha value is -0.900. The first kappa shape index (κ1) is 17.2. The minimum Gasteiger partial charge on any atom is -0.396 e. The summed E-state index contributed by atoms with van der Waals surface area (Å²) in [5, 5.41) is 12.6. The molecule has 0 spiro atoms. The highest BCUT2D eigenvalue weighted by Gasteiger charge is 2.17. The Bertz CT molecular complexity index is 381. The van der Waals surface area contributed by atoms with Gasteiger partial charge in [0.25, 0.3) is 0 Å². The number of benzene rings is 1. The van der Waals surface area contributed by atoms with Crippen LogP contribution in [0.15, 0.2) is 24.3 Å². The number of aliphatic hydroxyl groups excluding tert-OH is 1. The number of hydrogen-bond acceptors (Lipinski definition) is 3. The van der Waals surface area contributed by atoms with Gasteiger partial charge in [0.15, 0.2) is 0 Å². The quantitative estimate of drug-likeness (QED) is 0.719. The highest BCUT2D eigenvalue weighted by molar-refractivity contribution is 5.29. The molecule has 0 aliphatic rings. The second kappa shape index (κ2) is 7.77. The van der Waals surface area contributed by atoms with Crippen LogP contribution in [-0.4, -0.2) is 24.3 Å². The van der Waals surface area contributed by atoms with E-state index in [0.717, 1.165) is 12.8 Å². The van der Waals surface area contributed by atoms with Crippen molar-refractivity contribution in [2.75, 3.05) is 13.2 Å². The molecular formula is C17H30N2O. The first-order chi connectivity index (χ1) is 9.42. The van der Waals surface area contributed by atoms with Crippen molar-refractivity contribution in [1.82, 2.24) is 5.32 Å². The summed E-state index contributed by atoms with van der Waals surface area (Å²) >= 11 is 0. The van der Waals surface area contributed by atoms with Gasteiger partial charge in [0.2, 0.25) is 0 Å².